The fourth-order valence-electron chi connectivity index (χ4n) is 1.85. The van der Waals surface area contributed by atoms with Gasteiger partial charge in [-0.05, 0) is 6.42 Å². The molecule has 15 heavy (non-hydrogen) atoms. The van der Waals surface area contributed by atoms with Gasteiger partial charge >= 0.3 is 0 Å². The molecule has 2 atom stereocenters. The molecule has 0 aliphatic carbocycles. The Morgan fingerprint density at radius 2 is 2.53 bits per heavy atom. The third kappa shape index (κ3) is 2.27. The van der Waals surface area contributed by atoms with Crippen LogP contribution in [-0.2, 0) is 9.63 Å². The molecule has 2 heterocycles. The van der Waals surface area contributed by atoms with Crippen molar-refractivity contribution >= 4 is 5.91 Å². The molecule has 0 bridgehead atoms. The molecule has 82 valence electrons. The van der Waals surface area contributed by atoms with Gasteiger partial charge in [-0.15, -0.1) is 0 Å². The van der Waals surface area contributed by atoms with E-state index in [9.17, 15) is 4.79 Å². The second-order valence-corrected chi connectivity index (χ2v) is 3.74. The molecule has 0 saturated carbocycles. The summed E-state index contributed by atoms with van der Waals surface area (Å²) in [7, 11) is 0. The Morgan fingerprint density at radius 1 is 1.67 bits per heavy atom. The van der Waals surface area contributed by atoms with Gasteiger partial charge in [0.05, 0.1) is 6.04 Å². The molecule has 4 nitrogen and oxygen atoms in total. The van der Waals surface area contributed by atoms with Gasteiger partial charge in [0.2, 0.25) is 0 Å². The van der Waals surface area contributed by atoms with E-state index < -0.39 is 0 Å². The highest BCUT2D eigenvalue weighted by Gasteiger charge is 2.35. The summed E-state index contributed by atoms with van der Waals surface area (Å²) in [6.07, 6.45) is 9.55. The van der Waals surface area contributed by atoms with Crippen LogP contribution < -0.4 is 0 Å². The second-order valence-electron chi connectivity index (χ2n) is 3.74. The zero-order valence-corrected chi connectivity index (χ0v) is 8.50. The van der Waals surface area contributed by atoms with Crippen LogP contribution >= 0.6 is 0 Å². The van der Waals surface area contributed by atoms with Crippen LogP contribution in [0, 0.1) is 0 Å². The molecule has 2 aliphatic heterocycles. The van der Waals surface area contributed by atoms with Crippen molar-refractivity contribution in [3.63, 3.8) is 0 Å². The summed E-state index contributed by atoms with van der Waals surface area (Å²) in [4.78, 5) is 16.9. The first-order chi connectivity index (χ1) is 7.31. The first-order valence-corrected chi connectivity index (χ1v) is 5.24. The van der Waals surface area contributed by atoms with Crippen molar-refractivity contribution < 1.29 is 14.7 Å². The number of nitrogens with zero attached hydrogens (tertiary/aromatic N) is 1. The van der Waals surface area contributed by atoms with E-state index in [1.54, 1.807) is 0 Å². The standard InChI is InChI=1S/C11H15NO3/c13-7-2-1-5-10-8-9-4-3-6-11(14)12(9)15-10/h1,3-5,9-10,13H,2,6-8H2/b5-1+/t9-,10+/m0/s1. The first-order valence-electron chi connectivity index (χ1n) is 5.24. The van der Waals surface area contributed by atoms with Crippen LogP contribution in [0.2, 0.25) is 0 Å². The minimum absolute atomic E-state index is 0.0283. The predicted octanol–water partition coefficient (Wildman–Crippen LogP) is 0.786. The molecule has 1 saturated heterocycles. The number of carbonyl (C=O) groups is 1. The number of rotatable bonds is 3. The number of amides is 1. The topological polar surface area (TPSA) is 49.8 Å². The first kappa shape index (κ1) is 10.4. The number of fused-ring (bicyclic) bond motifs is 1. The Balaban J connectivity index is 1.93. The number of hydrogen-bond donors (Lipinski definition) is 1. The largest absolute Gasteiger partial charge is 0.396 e. The van der Waals surface area contributed by atoms with E-state index in [0.29, 0.717) is 12.8 Å². The van der Waals surface area contributed by atoms with Gasteiger partial charge in [-0.1, -0.05) is 24.3 Å². The smallest absolute Gasteiger partial charge is 0.250 e. The molecular weight excluding hydrogens is 194 g/mol. The van der Waals surface area contributed by atoms with Crippen molar-refractivity contribution in [3.8, 4) is 0 Å². The summed E-state index contributed by atoms with van der Waals surface area (Å²) in [6, 6.07) is 0.0926. The highest BCUT2D eigenvalue weighted by atomic mass is 16.7. The van der Waals surface area contributed by atoms with Crippen LogP contribution in [0.3, 0.4) is 0 Å². The van der Waals surface area contributed by atoms with E-state index in [1.807, 2.05) is 24.3 Å². The highest BCUT2D eigenvalue weighted by Crippen LogP contribution is 2.26. The molecule has 0 radical (unpaired) electrons. The van der Waals surface area contributed by atoms with Crippen LogP contribution in [0.5, 0.6) is 0 Å². The van der Waals surface area contributed by atoms with Crippen LogP contribution in [0.15, 0.2) is 24.3 Å². The third-order valence-electron chi connectivity index (χ3n) is 2.57. The van der Waals surface area contributed by atoms with Gasteiger partial charge < -0.3 is 5.11 Å². The van der Waals surface area contributed by atoms with Gasteiger partial charge in [0, 0.05) is 19.4 Å². The van der Waals surface area contributed by atoms with Crippen molar-refractivity contribution in [2.75, 3.05) is 6.61 Å². The monoisotopic (exact) mass is 209 g/mol. The molecule has 1 fully saturated rings. The summed E-state index contributed by atoms with van der Waals surface area (Å²) < 4.78 is 0. The average molecular weight is 209 g/mol. The van der Waals surface area contributed by atoms with Crippen LogP contribution in [0.4, 0.5) is 0 Å². The molecule has 1 amide bonds. The van der Waals surface area contributed by atoms with Gasteiger partial charge in [0.25, 0.3) is 5.91 Å². The van der Waals surface area contributed by atoms with Gasteiger partial charge in [-0.3, -0.25) is 9.63 Å². The van der Waals surface area contributed by atoms with Gasteiger partial charge in [-0.25, -0.2) is 5.06 Å². The molecule has 1 N–H and O–H groups in total. The van der Waals surface area contributed by atoms with E-state index in [2.05, 4.69) is 0 Å². The number of hydroxylamine groups is 2. The number of aliphatic hydroxyl groups excluding tert-OH is 1. The molecule has 0 unspecified atom stereocenters. The normalized spacial score (nSPS) is 30.2. The highest BCUT2D eigenvalue weighted by molar-refractivity contribution is 5.78. The van der Waals surface area contributed by atoms with Gasteiger partial charge in [-0.2, -0.15) is 0 Å². The van der Waals surface area contributed by atoms with Crippen molar-refractivity contribution in [1.82, 2.24) is 5.06 Å². The van der Waals surface area contributed by atoms with Crippen LogP contribution in [0.25, 0.3) is 0 Å². The Bertz CT molecular complexity index is 298. The average Bonchev–Trinajstić information content (AvgIpc) is 2.63. The second kappa shape index (κ2) is 4.59. The Kier molecular flexibility index (Phi) is 3.18. The fraction of sp³-hybridized carbons (Fsp3) is 0.545. The molecule has 0 aromatic heterocycles. The lowest BCUT2D eigenvalue weighted by Gasteiger charge is -2.22. The van der Waals surface area contributed by atoms with E-state index >= 15 is 0 Å². The molecule has 2 rings (SSSR count). The van der Waals surface area contributed by atoms with Gasteiger partial charge in [0.1, 0.15) is 6.10 Å². The fourth-order valence-corrected chi connectivity index (χ4v) is 1.85. The maximum atomic E-state index is 11.4. The van der Waals surface area contributed by atoms with E-state index in [0.717, 1.165) is 6.42 Å². The maximum absolute atomic E-state index is 11.4. The Labute approximate surface area is 88.8 Å². The van der Waals surface area contributed by atoms with E-state index in [1.165, 1.54) is 5.06 Å². The lowest BCUT2D eigenvalue weighted by atomic mass is 10.1. The molecule has 4 heteroatoms. The summed E-state index contributed by atoms with van der Waals surface area (Å²) >= 11 is 0. The van der Waals surface area contributed by atoms with E-state index in [4.69, 9.17) is 9.94 Å². The summed E-state index contributed by atoms with van der Waals surface area (Å²) in [5.41, 5.74) is 0. The third-order valence-corrected chi connectivity index (χ3v) is 2.57. The summed E-state index contributed by atoms with van der Waals surface area (Å²) in [5.74, 6) is 0.0283. The molecule has 0 aromatic rings. The Morgan fingerprint density at radius 3 is 3.27 bits per heavy atom. The lowest BCUT2D eigenvalue weighted by molar-refractivity contribution is -0.180. The van der Waals surface area contributed by atoms with Crippen LogP contribution in [0.1, 0.15) is 19.3 Å². The molecule has 0 spiro atoms. The lowest BCUT2D eigenvalue weighted by Crippen LogP contribution is -2.35. The van der Waals surface area contributed by atoms with Crippen molar-refractivity contribution in [1.29, 1.82) is 0 Å². The summed E-state index contributed by atoms with van der Waals surface area (Å²) in [5, 5.41) is 10.1. The Hall–Kier alpha value is -1.13. The zero-order chi connectivity index (χ0) is 10.7. The minimum Gasteiger partial charge on any atom is -0.396 e. The number of aliphatic hydroxyl groups is 1. The van der Waals surface area contributed by atoms with Crippen molar-refractivity contribution in [2.24, 2.45) is 0 Å². The van der Waals surface area contributed by atoms with Gasteiger partial charge in [0.15, 0.2) is 0 Å². The zero-order valence-electron chi connectivity index (χ0n) is 8.50. The molecule has 2 aliphatic rings. The van der Waals surface area contributed by atoms with E-state index in [-0.39, 0.29) is 24.7 Å². The SMILES string of the molecule is O=C1CC=C[C@H]2C[C@@H](/C=C/CCO)ON12. The predicted molar refractivity (Wildman–Crippen MR) is 54.7 cm³/mol. The maximum Gasteiger partial charge on any atom is 0.250 e. The number of hydrogen-bond acceptors (Lipinski definition) is 3. The molecular formula is C11H15NO3. The van der Waals surface area contributed by atoms with Crippen LogP contribution in [-0.4, -0.2) is 34.8 Å². The number of carbonyl (C=O) groups excluding carboxylic acids is 1. The van der Waals surface area contributed by atoms with Crippen molar-refractivity contribution in [2.45, 2.75) is 31.4 Å². The molecule has 0 aromatic carbocycles. The quantitative estimate of drug-likeness (QED) is 0.699. The summed E-state index contributed by atoms with van der Waals surface area (Å²) in [6.45, 7) is 0.148. The van der Waals surface area contributed by atoms with Crippen molar-refractivity contribution in [3.05, 3.63) is 24.3 Å². The minimum atomic E-state index is -0.0340.